The van der Waals surface area contributed by atoms with Gasteiger partial charge in [0.2, 0.25) is 5.88 Å². The zero-order valence-electron chi connectivity index (χ0n) is 18.4. The second-order valence-electron chi connectivity index (χ2n) is 7.62. The third kappa shape index (κ3) is 6.02. The summed E-state index contributed by atoms with van der Waals surface area (Å²) in [5, 5.41) is 10.5. The first-order chi connectivity index (χ1) is 16.8. The van der Waals surface area contributed by atoms with Gasteiger partial charge < -0.3 is 19.9 Å². The zero-order chi connectivity index (χ0) is 24.8. The highest BCUT2D eigenvalue weighted by Gasteiger charge is 2.36. The molecule has 12 heteroatoms. The molecule has 2 amide bonds. The lowest BCUT2D eigenvalue weighted by Gasteiger charge is -2.35. The van der Waals surface area contributed by atoms with Crippen LogP contribution in [0.25, 0.3) is 0 Å². The van der Waals surface area contributed by atoms with E-state index in [4.69, 9.17) is 4.74 Å². The van der Waals surface area contributed by atoms with E-state index in [0.717, 1.165) is 6.07 Å². The Labute approximate surface area is 198 Å². The summed E-state index contributed by atoms with van der Waals surface area (Å²) < 4.78 is 44.9. The molecule has 1 N–H and O–H groups in total. The van der Waals surface area contributed by atoms with Gasteiger partial charge in [-0.1, -0.05) is 18.2 Å². The fourth-order valence-electron chi connectivity index (χ4n) is 3.56. The van der Waals surface area contributed by atoms with Crippen molar-refractivity contribution in [3.05, 3.63) is 77.6 Å². The first kappa shape index (κ1) is 23.9. The van der Waals surface area contributed by atoms with Crippen LogP contribution in [-0.2, 0) is 12.7 Å². The normalized spacial score (nSPS) is 13.9. The molecule has 182 valence electrons. The molecule has 1 fully saturated rings. The van der Waals surface area contributed by atoms with Crippen LogP contribution in [0.5, 0.6) is 5.88 Å². The van der Waals surface area contributed by atoms with Crippen molar-refractivity contribution in [1.29, 1.82) is 0 Å². The van der Waals surface area contributed by atoms with Crippen LogP contribution in [0, 0.1) is 0 Å². The van der Waals surface area contributed by atoms with Gasteiger partial charge in [0.15, 0.2) is 5.82 Å². The minimum absolute atomic E-state index is 0.00448. The van der Waals surface area contributed by atoms with Crippen molar-refractivity contribution < 1.29 is 27.5 Å². The average molecular weight is 486 g/mol. The Bertz CT molecular complexity index is 1170. The number of anilines is 1. The van der Waals surface area contributed by atoms with Gasteiger partial charge in [0.1, 0.15) is 0 Å². The van der Waals surface area contributed by atoms with Crippen LogP contribution in [0.4, 0.5) is 23.8 Å². The van der Waals surface area contributed by atoms with E-state index in [2.05, 4.69) is 20.5 Å². The van der Waals surface area contributed by atoms with Gasteiger partial charge in [-0.2, -0.15) is 13.2 Å². The quantitative estimate of drug-likeness (QED) is 0.591. The molecule has 0 aliphatic carbocycles. The van der Waals surface area contributed by atoms with E-state index < -0.39 is 23.7 Å². The topological polar surface area (TPSA) is 101 Å². The predicted octanol–water partition coefficient (Wildman–Crippen LogP) is 3.14. The molecule has 3 heterocycles. The van der Waals surface area contributed by atoms with Crippen molar-refractivity contribution in [1.82, 2.24) is 25.4 Å². The molecule has 0 unspecified atom stereocenters. The number of halogens is 3. The molecular formula is C23H21F3N6O3. The minimum Gasteiger partial charge on any atom is -0.390 e. The molecule has 1 aromatic carbocycles. The lowest BCUT2D eigenvalue weighted by atomic mass is 10.1. The van der Waals surface area contributed by atoms with E-state index in [1.807, 2.05) is 4.90 Å². The van der Waals surface area contributed by atoms with Crippen LogP contribution in [0.2, 0.25) is 0 Å². The summed E-state index contributed by atoms with van der Waals surface area (Å²) in [6.45, 7) is 1.36. The lowest BCUT2D eigenvalue weighted by molar-refractivity contribution is -0.138. The average Bonchev–Trinajstić information content (AvgIpc) is 2.88. The van der Waals surface area contributed by atoms with Gasteiger partial charge in [-0.15, -0.1) is 10.2 Å². The molecule has 35 heavy (non-hydrogen) atoms. The fourth-order valence-corrected chi connectivity index (χ4v) is 3.56. The Balaban J connectivity index is 1.30. The second-order valence-corrected chi connectivity index (χ2v) is 7.62. The molecule has 9 nitrogen and oxygen atoms in total. The van der Waals surface area contributed by atoms with Crippen molar-refractivity contribution in [3.8, 4) is 5.88 Å². The molecule has 3 aromatic rings. The summed E-state index contributed by atoms with van der Waals surface area (Å²) in [5.74, 6) is -0.164. The molecule has 0 radical (unpaired) electrons. The molecule has 1 aliphatic rings. The number of alkyl halides is 3. The summed E-state index contributed by atoms with van der Waals surface area (Å²) >= 11 is 0. The van der Waals surface area contributed by atoms with Crippen molar-refractivity contribution >= 4 is 17.8 Å². The van der Waals surface area contributed by atoms with Crippen LogP contribution in [0.3, 0.4) is 0 Å². The Morgan fingerprint density at radius 2 is 1.69 bits per heavy atom. The third-order valence-corrected chi connectivity index (χ3v) is 5.32. The van der Waals surface area contributed by atoms with Crippen LogP contribution in [0.15, 0.2) is 60.8 Å². The fraction of sp³-hybridized carbons (Fsp3) is 0.261. The van der Waals surface area contributed by atoms with Crippen LogP contribution < -0.4 is 15.0 Å². The van der Waals surface area contributed by atoms with Crippen molar-refractivity contribution in [3.63, 3.8) is 0 Å². The Hall–Kier alpha value is -4.22. The van der Waals surface area contributed by atoms with Gasteiger partial charge >= 0.3 is 12.3 Å². The maximum absolute atomic E-state index is 13.3. The zero-order valence-corrected chi connectivity index (χ0v) is 18.4. The standard InChI is InChI=1S/C23H21F3N6O3/c24-23(25,26)18-7-2-1-6-17(18)21(33)32-13-11-31(12-14-32)19-8-9-20(30-29-19)35-22(34)28-15-16-5-3-4-10-27-16/h1-10H,11-15H2,(H,28,34). The number of benzene rings is 1. The van der Waals surface area contributed by atoms with Gasteiger partial charge in [0.05, 0.1) is 23.4 Å². The lowest BCUT2D eigenvalue weighted by Crippen LogP contribution is -2.49. The number of carbonyl (C=O) groups excluding carboxylic acids is 2. The predicted molar refractivity (Wildman–Crippen MR) is 119 cm³/mol. The molecule has 0 atom stereocenters. The summed E-state index contributed by atoms with van der Waals surface area (Å²) in [4.78, 5) is 32.0. The number of pyridine rings is 1. The smallest absolute Gasteiger partial charge is 0.390 e. The molecule has 0 bridgehead atoms. The first-order valence-corrected chi connectivity index (χ1v) is 10.7. The van der Waals surface area contributed by atoms with E-state index in [-0.39, 0.29) is 31.1 Å². The maximum Gasteiger partial charge on any atom is 0.417 e. The minimum atomic E-state index is -4.61. The molecule has 2 aromatic heterocycles. The van der Waals surface area contributed by atoms with E-state index >= 15 is 0 Å². The van der Waals surface area contributed by atoms with Crippen LogP contribution in [0.1, 0.15) is 21.6 Å². The number of amides is 2. The largest absolute Gasteiger partial charge is 0.417 e. The number of aromatic nitrogens is 3. The highest BCUT2D eigenvalue weighted by molar-refractivity contribution is 5.96. The van der Waals surface area contributed by atoms with Gasteiger partial charge in [-0.05, 0) is 30.3 Å². The number of ether oxygens (including phenoxy) is 1. The Morgan fingerprint density at radius 3 is 2.34 bits per heavy atom. The Kier molecular flexibility index (Phi) is 7.09. The van der Waals surface area contributed by atoms with E-state index in [1.54, 1.807) is 30.5 Å². The monoisotopic (exact) mass is 486 g/mol. The highest BCUT2D eigenvalue weighted by atomic mass is 19.4. The summed E-state index contributed by atoms with van der Waals surface area (Å²) in [6, 6.07) is 13.2. The molecular weight excluding hydrogens is 465 g/mol. The number of nitrogens with one attached hydrogen (secondary N) is 1. The van der Waals surface area contributed by atoms with Crippen molar-refractivity contribution in [2.45, 2.75) is 12.7 Å². The Morgan fingerprint density at radius 1 is 0.943 bits per heavy atom. The summed E-state index contributed by atoms with van der Waals surface area (Å²) in [6.07, 6.45) is -3.70. The number of hydrogen-bond donors (Lipinski definition) is 1. The summed E-state index contributed by atoms with van der Waals surface area (Å²) in [5.41, 5.74) is -0.639. The van der Waals surface area contributed by atoms with E-state index in [0.29, 0.717) is 24.6 Å². The number of nitrogens with zero attached hydrogens (tertiary/aromatic N) is 5. The number of hydrogen-bond acceptors (Lipinski definition) is 7. The van der Waals surface area contributed by atoms with Gasteiger partial charge in [-0.3, -0.25) is 9.78 Å². The third-order valence-electron chi connectivity index (χ3n) is 5.32. The van der Waals surface area contributed by atoms with E-state index in [1.165, 1.54) is 29.2 Å². The molecule has 1 aliphatic heterocycles. The first-order valence-electron chi connectivity index (χ1n) is 10.7. The number of piperazine rings is 1. The number of rotatable bonds is 5. The van der Waals surface area contributed by atoms with Crippen molar-refractivity contribution in [2.75, 3.05) is 31.1 Å². The maximum atomic E-state index is 13.3. The molecule has 0 spiro atoms. The SMILES string of the molecule is O=C(NCc1ccccn1)Oc1ccc(N2CCN(C(=O)c3ccccc3C(F)(F)F)CC2)nn1. The highest BCUT2D eigenvalue weighted by Crippen LogP contribution is 2.32. The van der Waals surface area contributed by atoms with Crippen molar-refractivity contribution in [2.24, 2.45) is 0 Å². The molecule has 4 rings (SSSR count). The molecule has 1 saturated heterocycles. The van der Waals surface area contributed by atoms with Gasteiger partial charge in [0, 0.05) is 38.4 Å². The van der Waals surface area contributed by atoms with Crippen LogP contribution in [-0.4, -0.2) is 58.3 Å². The van der Waals surface area contributed by atoms with Crippen LogP contribution >= 0.6 is 0 Å². The van der Waals surface area contributed by atoms with Gasteiger partial charge in [-0.25, -0.2) is 4.79 Å². The second kappa shape index (κ2) is 10.4. The molecule has 0 saturated carbocycles. The number of carbonyl (C=O) groups is 2. The summed E-state index contributed by atoms with van der Waals surface area (Å²) in [7, 11) is 0. The van der Waals surface area contributed by atoms with Gasteiger partial charge in [0.25, 0.3) is 5.91 Å². The van der Waals surface area contributed by atoms with E-state index in [9.17, 15) is 22.8 Å².